The van der Waals surface area contributed by atoms with E-state index < -0.39 is 0 Å². The first kappa shape index (κ1) is 16.4. The van der Waals surface area contributed by atoms with E-state index in [0.717, 1.165) is 18.2 Å². The maximum Gasteiger partial charge on any atom is 0.119 e. The molecule has 1 fully saturated rings. The predicted octanol–water partition coefficient (Wildman–Crippen LogP) is 4.67. The summed E-state index contributed by atoms with van der Waals surface area (Å²) in [5, 5.41) is 3.66. The quantitative estimate of drug-likeness (QED) is 0.796. The first-order valence-corrected chi connectivity index (χ1v) is 8.49. The van der Waals surface area contributed by atoms with Gasteiger partial charge in [-0.25, -0.2) is 0 Å². The van der Waals surface area contributed by atoms with Crippen LogP contribution in [-0.4, -0.2) is 19.7 Å². The Bertz CT molecular complexity index is 441. The predicted molar refractivity (Wildman–Crippen MR) is 90.2 cm³/mol. The van der Waals surface area contributed by atoms with Gasteiger partial charge in [-0.1, -0.05) is 39.2 Å². The summed E-state index contributed by atoms with van der Waals surface area (Å²) in [5.41, 5.74) is 2.92. The highest BCUT2D eigenvalue weighted by Crippen LogP contribution is 2.38. The third-order valence-electron chi connectivity index (χ3n) is 4.82. The molecule has 2 nitrogen and oxygen atoms in total. The van der Waals surface area contributed by atoms with Gasteiger partial charge in [0.25, 0.3) is 0 Å². The van der Waals surface area contributed by atoms with Gasteiger partial charge < -0.3 is 10.1 Å². The molecule has 2 rings (SSSR count). The SMILES string of the molecule is COc1ccc(C2CCCCCC2CNC(C)C)c(C)c1. The summed E-state index contributed by atoms with van der Waals surface area (Å²) >= 11 is 0. The van der Waals surface area contributed by atoms with Crippen molar-refractivity contribution in [2.75, 3.05) is 13.7 Å². The maximum absolute atomic E-state index is 5.36. The first-order valence-electron chi connectivity index (χ1n) is 8.49. The van der Waals surface area contributed by atoms with E-state index >= 15 is 0 Å². The van der Waals surface area contributed by atoms with Crippen LogP contribution in [0.4, 0.5) is 0 Å². The second kappa shape index (κ2) is 7.84. The fourth-order valence-corrected chi connectivity index (χ4v) is 3.62. The lowest BCUT2D eigenvalue weighted by Crippen LogP contribution is -2.31. The van der Waals surface area contributed by atoms with Crippen LogP contribution in [-0.2, 0) is 0 Å². The van der Waals surface area contributed by atoms with Crippen LogP contribution >= 0.6 is 0 Å². The van der Waals surface area contributed by atoms with Crippen LogP contribution in [0.2, 0.25) is 0 Å². The minimum absolute atomic E-state index is 0.575. The molecule has 0 saturated heterocycles. The number of rotatable bonds is 5. The summed E-state index contributed by atoms with van der Waals surface area (Å²) < 4.78 is 5.36. The molecule has 0 radical (unpaired) electrons. The Morgan fingerprint density at radius 1 is 1.19 bits per heavy atom. The third kappa shape index (κ3) is 4.47. The third-order valence-corrected chi connectivity index (χ3v) is 4.82. The summed E-state index contributed by atoms with van der Waals surface area (Å²) in [4.78, 5) is 0. The van der Waals surface area contributed by atoms with Crippen molar-refractivity contribution < 1.29 is 4.74 Å². The number of nitrogens with one attached hydrogen (secondary N) is 1. The average molecular weight is 289 g/mol. The number of hydrogen-bond donors (Lipinski definition) is 1. The molecule has 1 aromatic carbocycles. The van der Waals surface area contributed by atoms with Gasteiger partial charge in [-0.15, -0.1) is 0 Å². The Morgan fingerprint density at radius 3 is 2.62 bits per heavy atom. The van der Waals surface area contributed by atoms with Crippen molar-refractivity contribution in [1.82, 2.24) is 5.32 Å². The molecule has 21 heavy (non-hydrogen) atoms. The smallest absolute Gasteiger partial charge is 0.119 e. The molecule has 1 aliphatic carbocycles. The Balaban J connectivity index is 2.19. The molecule has 118 valence electrons. The summed E-state index contributed by atoms with van der Waals surface area (Å²) in [7, 11) is 1.75. The number of ether oxygens (including phenoxy) is 1. The molecule has 1 aromatic rings. The van der Waals surface area contributed by atoms with Gasteiger partial charge in [0, 0.05) is 6.04 Å². The Morgan fingerprint density at radius 2 is 1.95 bits per heavy atom. The van der Waals surface area contributed by atoms with E-state index in [4.69, 9.17) is 4.74 Å². The van der Waals surface area contributed by atoms with Gasteiger partial charge in [0.1, 0.15) is 5.75 Å². The molecular weight excluding hydrogens is 258 g/mol. The molecule has 0 aliphatic heterocycles. The van der Waals surface area contributed by atoms with Crippen LogP contribution in [0.25, 0.3) is 0 Å². The minimum Gasteiger partial charge on any atom is -0.497 e. The van der Waals surface area contributed by atoms with Gasteiger partial charge in [0.05, 0.1) is 7.11 Å². The zero-order valence-corrected chi connectivity index (χ0v) is 14.1. The zero-order chi connectivity index (χ0) is 15.2. The number of aryl methyl sites for hydroxylation is 1. The summed E-state index contributed by atoms with van der Waals surface area (Å²) in [5.74, 6) is 2.44. The molecular formula is C19H31NO. The van der Waals surface area contributed by atoms with Gasteiger partial charge in [-0.05, 0) is 61.4 Å². The van der Waals surface area contributed by atoms with Gasteiger partial charge in [-0.2, -0.15) is 0 Å². The van der Waals surface area contributed by atoms with Crippen molar-refractivity contribution in [3.8, 4) is 5.75 Å². The van der Waals surface area contributed by atoms with Crippen molar-refractivity contribution in [3.63, 3.8) is 0 Å². The first-order chi connectivity index (χ1) is 10.1. The van der Waals surface area contributed by atoms with Crippen molar-refractivity contribution in [3.05, 3.63) is 29.3 Å². The second-order valence-electron chi connectivity index (χ2n) is 6.79. The molecule has 0 heterocycles. The van der Waals surface area contributed by atoms with Gasteiger partial charge in [0.15, 0.2) is 0 Å². The van der Waals surface area contributed by atoms with Crippen LogP contribution in [0.3, 0.4) is 0 Å². The molecule has 2 unspecified atom stereocenters. The van der Waals surface area contributed by atoms with Crippen LogP contribution in [0.5, 0.6) is 5.75 Å². The monoisotopic (exact) mass is 289 g/mol. The maximum atomic E-state index is 5.36. The second-order valence-corrected chi connectivity index (χ2v) is 6.79. The van der Waals surface area contributed by atoms with E-state index in [2.05, 4.69) is 44.3 Å². The summed E-state index contributed by atoms with van der Waals surface area (Å²) in [6.07, 6.45) is 6.84. The van der Waals surface area contributed by atoms with Crippen molar-refractivity contribution in [1.29, 1.82) is 0 Å². The minimum atomic E-state index is 0.575. The van der Waals surface area contributed by atoms with E-state index in [0.29, 0.717) is 12.0 Å². The van der Waals surface area contributed by atoms with Crippen molar-refractivity contribution in [2.24, 2.45) is 5.92 Å². The fourth-order valence-electron chi connectivity index (χ4n) is 3.62. The summed E-state index contributed by atoms with van der Waals surface area (Å²) in [6, 6.07) is 7.19. The summed E-state index contributed by atoms with van der Waals surface area (Å²) in [6.45, 7) is 7.86. The Kier molecular flexibility index (Phi) is 6.10. The topological polar surface area (TPSA) is 21.3 Å². The zero-order valence-electron chi connectivity index (χ0n) is 14.1. The lowest BCUT2D eigenvalue weighted by Gasteiger charge is -2.28. The molecule has 0 bridgehead atoms. The van der Waals surface area contributed by atoms with Gasteiger partial charge in [-0.3, -0.25) is 0 Å². The Labute approximate surface area is 130 Å². The lowest BCUT2D eigenvalue weighted by atomic mass is 9.80. The highest BCUT2D eigenvalue weighted by Gasteiger charge is 2.26. The van der Waals surface area contributed by atoms with E-state index in [9.17, 15) is 0 Å². The molecule has 0 aromatic heterocycles. The molecule has 1 saturated carbocycles. The van der Waals surface area contributed by atoms with E-state index in [1.165, 1.54) is 43.2 Å². The van der Waals surface area contributed by atoms with E-state index in [-0.39, 0.29) is 0 Å². The van der Waals surface area contributed by atoms with Gasteiger partial charge in [0.2, 0.25) is 0 Å². The standard InChI is InChI=1S/C19H31NO/c1-14(2)20-13-16-8-6-5-7-9-19(16)18-11-10-17(21-4)12-15(18)3/h10-12,14,16,19-20H,5-9,13H2,1-4H3. The molecule has 2 heteroatoms. The van der Waals surface area contributed by atoms with Crippen molar-refractivity contribution >= 4 is 0 Å². The van der Waals surface area contributed by atoms with Crippen LogP contribution in [0.15, 0.2) is 18.2 Å². The number of methoxy groups -OCH3 is 1. The number of hydrogen-bond acceptors (Lipinski definition) is 2. The fraction of sp³-hybridized carbons (Fsp3) is 0.684. The van der Waals surface area contributed by atoms with Gasteiger partial charge >= 0.3 is 0 Å². The van der Waals surface area contributed by atoms with E-state index in [1.807, 2.05) is 0 Å². The molecule has 1 aliphatic rings. The van der Waals surface area contributed by atoms with Crippen LogP contribution in [0.1, 0.15) is 63.0 Å². The molecule has 1 N–H and O–H groups in total. The van der Waals surface area contributed by atoms with Crippen LogP contribution in [0, 0.1) is 12.8 Å². The average Bonchev–Trinajstić information content (AvgIpc) is 2.70. The Hall–Kier alpha value is -1.02. The van der Waals surface area contributed by atoms with Crippen LogP contribution < -0.4 is 10.1 Å². The highest BCUT2D eigenvalue weighted by atomic mass is 16.5. The normalized spacial score (nSPS) is 23.1. The molecule has 2 atom stereocenters. The molecule has 0 spiro atoms. The molecule has 0 amide bonds. The largest absolute Gasteiger partial charge is 0.497 e. The van der Waals surface area contributed by atoms with E-state index in [1.54, 1.807) is 7.11 Å². The highest BCUT2D eigenvalue weighted by molar-refractivity contribution is 5.37. The number of benzene rings is 1. The van der Waals surface area contributed by atoms with Crippen molar-refractivity contribution in [2.45, 2.75) is 64.8 Å². The lowest BCUT2D eigenvalue weighted by molar-refractivity contribution is 0.361.